The number of hydrogen-bond acceptors (Lipinski definition) is 15. The molecule has 314 valence electrons. The first-order chi connectivity index (χ1) is 25.9. The summed E-state index contributed by atoms with van der Waals surface area (Å²) in [6.07, 6.45) is -2.77. The highest BCUT2D eigenvalue weighted by atomic mass is 16.7. The van der Waals surface area contributed by atoms with Crippen LogP contribution in [0.1, 0.15) is 113 Å². The highest BCUT2D eigenvalue weighted by Crippen LogP contribution is 2.51. The second-order valence-corrected chi connectivity index (χ2v) is 18.4. The van der Waals surface area contributed by atoms with E-state index in [4.69, 9.17) is 33.2 Å². The lowest BCUT2D eigenvalue weighted by molar-refractivity contribution is -0.349. The fraction of sp³-hybridized carbons (Fsp3) is 0.780. The summed E-state index contributed by atoms with van der Waals surface area (Å²) in [6.45, 7) is 13.4. The van der Waals surface area contributed by atoms with E-state index in [1.807, 2.05) is 0 Å². The number of ether oxygens (including phenoxy) is 7. The van der Waals surface area contributed by atoms with Crippen LogP contribution in [0.5, 0.6) is 0 Å². The fourth-order valence-corrected chi connectivity index (χ4v) is 8.36. The Morgan fingerprint density at radius 2 is 1.57 bits per heavy atom. The van der Waals surface area contributed by atoms with Crippen molar-refractivity contribution in [3.8, 4) is 0 Å². The predicted octanol–water partition coefficient (Wildman–Crippen LogP) is 3.52. The molecular formula is C41H60O15. The topological polar surface area (TPSA) is 211 Å². The van der Waals surface area contributed by atoms with Gasteiger partial charge in [0.15, 0.2) is 5.79 Å². The summed E-state index contributed by atoms with van der Waals surface area (Å²) in [5, 5.41) is 34.7. The SMILES string of the molecule is COC(=O)/C=C1\C[C@H]2C[C@]3(O)O[C@H](C[C@@H](O)CC(=O)O[C@H](C)[C@H](O)C[C@@H]4C[C@H]5CC(=O)O[C@]5(O4)C(=O)C(C)(C)/C=C\[C@@H](C1)O2)C[C@H](OC(=O)C(C)(C)C)C3(C)C. The minimum Gasteiger partial charge on any atom is -0.466 e. The maximum atomic E-state index is 14.4. The van der Waals surface area contributed by atoms with Crippen molar-refractivity contribution >= 4 is 29.7 Å². The van der Waals surface area contributed by atoms with Crippen LogP contribution in [0.25, 0.3) is 0 Å². The molecule has 0 aromatic heterocycles. The Labute approximate surface area is 328 Å². The van der Waals surface area contributed by atoms with Crippen LogP contribution in [0.2, 0.25) is 0 Å². The number of cyclic esters (lactones) is 1. The number of allylic oxidation sites excluding steroid dienone is 1. The van der Waals surface area contributed by atoms with Gasteiger partial charge in [0.1, 0.15) is 12.2 Å². The molecule has 0 amide bonds. The Balaban J connectivity index is 1.53. The van der Waals surface area contributed by atoms with E-state index < -0.39 is 119 Å². The molecule has 0 saturated carbocycles. The molecule has 0 aromatic rings. The van der Waals surface area contributed by atoms with Crippen molar-refractivity contribution in [1.29, 1.82) is 0 Å². The molecule has 15 heteroatoms. The second kappa shape index (κ2) is 16.2. The molecule has 11 atom stereocenters. The Hall–Kier alpha value is -3.21. The van der Waals surface area contributed by atoms with Crippen molar-refractivity contribution in [3.05, 3.63) is 23.8 Å². The molecule has 1 spiro atoms. The number of carbonyl (C=O) groups excluding carboxylic acids is 5. The largest absolute Gasteiger partial charge is 0.466 e. The van der Waals surface area contributed by atoms with E-state index >= 15 is 0 Å². The van der Waals surface area contributed by atoms with Crippen LogP contribution in [-0.2, 0) is 57.1 Å². The number of methoxy groups -OCH3 is 1. The number of Topliss-reactive ketones (excluding diaryl/α,β-unsaturated/α-hetero) is 1. The van der Waals surface area contributed by atoms with Gasteiger partial charge < -0.3 is 48.5 Å². The third kappa shape index (κ3) is 9.39. The zero-order chi connectivity index (χ0) is 41.6. The second-order valence-electron chi connectivity index (χ2n) is 18.4. The minimum absolute atomic E-state index is 0.0259. The summed E-state index contributed by atoms with van der Waals surface area (Å²) >= 11 is 0. The molecule has 5 heterocycles. The number of carbonyl (C=O) groups is 5. The summed E-state index contributed by atoms with van der Waals surface area (Å²) in [4.78, 5) is 65.6. The summed E-state index contributed by atoms with van der Waals surface area (Å²) in [5.74, 6) is -7.48. The minimum atomic E-state index is -2.02. The van der Waals surface area contributed by atoms with Crippen LogP contribution in [0.3, 0.4) is 0 Å². The van der Waals surface area contributed by atoms with E-state index in [1.54, 1.807) is 60.6 Å². The highest BCUT2D eigenvalue weighted by Gasteiger charge is 2.64. The standard InChI is InChI=1S/C41H60O15/c1-22-30(43)19-27-15-24-16-34(46)56-41(24,55-27)35(47)38(5,6)11-10-26-12-23(14-32(44)50-9)13-29(52-26)21-40(49)39(7,8)31(53-36(48)37(2,3)4)20-28(54-40)17-25(42)18-33(45)51-22/h10-11,14,22,24-31,42-43,49H,12-13,15-21H2,1-9H3/b11-10-,23-14-/t22-,24+,25-,26+,27+,28-,29+,30-,31+,40+,41+/m1/s1. The summed E-state index contributed by atoms with van der Waals surface area (Å²) in [7, 11) is 1.26. The number of aliphatic hydroxyl groups excluding tert-OH is 2. The van der Waals surface area contributed by atoms with Crippen molar-refractivity contribution in [3.63, 3.8) is 0 Å². The first-order valence-electron chi connectivity index (χ1n) is 19.6. The monoisotopic (exact) mass is 792 g/mol. The smallest absolute Gasteiger partial charge is 0.330 e. The van der Waals surface area contributed by atoms with E-state index in [0.29, 0.717) is 5.57 Å². The Morgan fingerprint density at radius 1 is 0.893 bits per heavy atom. The van der Waals surface area contributed by atoms with Gasteiger partial charge in [-0.3, -0.25) is 19.2 Å². The van der Waals surface area contributed by atoms with Crippen LogP contribution in [0.15, 0.2) is 23.8 Å². The molecule has 0 aliphatic carbocycles. The van der Waals surface area contributed by atoms with Gasteiger partial charge in [-0.15, -0.1) is 0 Å². The third-order valence-corrected chi connectivity index (χ3v) is 11.9. The summed E-state index contributed by atoms with van der Waals surface area (Å²) < 4.78 is 41.2. The first kappa shape index (κ1) is 43.9. The van der Waals surface area contributed by atoms with E-state index in [2.05, 4.69) is 0 Å². The van der Waals surface area contributed by atoms with Crippen LogP contribution in [0.4, 0.5) is 0 Å². The molecule has 5 aliphatic heterocycles. The molecule has 5 aliphatic rings. The molecule has 15 nitrogen and oxygen atoms in total. The van der Waals surface area contributed by atoms with Gasteiger partial charge in [-0.2, -0.15) is 0 Å². The first-order valence-corrected chi connectivity index (χ1v) is 19.6. The normalized spacial score (nSPS) is 40.6. The van der Waals surface area contributed by atoms with Crippen molar-refractivity contribution in [1.82, 2.24) is 0 Å². The van der Waals surface area contributed by atoms with Gasteiger partial charge in [-0.25, -0.2) is 4.79 Å². The molecule has 4 saturated heterocycles. The van der Waals surface area contributed by atoms with Crippen LogP contribution >= 0.6 is 0 Å². The van der Waals surface area contributed by atoms with Gasteiger partial charge >= 0.3 is 23.9 Å². The molecule has 3 N–H and O–H groups in total. The Kier molecular flexibility index (Phi) is 12.7. The summed E-state index contributed by atoms with van der Waals surface area (Å²) in [5.41, 5.74) is -2.71. The van der Waals surface area contributed by atoms with Crippen molar-refractivity contribution in [2.75, 3.05) is 7.11 Å². The van der Waals surface area contributed by atoms with E-state index in [9.17, 15) is 39.3 Å². The van der Waals surface area contributed by atoms with Gasteiger partial charge in [0.25, 0.3) is 5.79 Å². The Morgan fingerprint density at radius 3 is 2.23 bits per heavy atom. The number of aliphatic hydroxyl groups is 3. The molecule has 5 rings (SSSR count). The number of hydrogen-bond donors (Lipinski definition) is 3. The molecule has 4 fully saturated rings. The lowest BCUT2D eigenvalue weighted by Gasteiger charge is -2.54. The maximum absolute atomic E-state index is 14.4. The fourth-order valence-electron chi connectivity index (χ4n) is 8.36. The third-order valence-electron chi connectivity index (χ3n) is 11.9. The highest BCUT2D eigenvalue weighted by molar-refractivity contribution is 5.96. The van der Waals surface area contributed by atoms with Crippen LogP contribution < -0.4 is 0 Å². The van der Waals surface area contributed by atoms with Crippen LogP contribution in [-0.4, -0.2) is 112 Å². The number of fused-ring (bicyclic) bond motifs is 5. The van der Waals surface area contributed by atoms with Crippen molar-refractivity contribution < 1.29 is 72.5 Å². The maximum Gasteiger partial charge on any atom is 0.330 e. The van der Waals surface area contributed by atoms with E-state index in [-0.39, 0.29) is 51.4 Å². The van der Waals surface area contributed by atoms with E-state index in [1.165, 1.54) is 20.1 Å². The predicted molar refractivity (Wildman–Crippen MR) is 196 cm³/mol. The molecule has 6 bridgehead atoms. The zero-order valence-electron chi connectivity index (χ0n) is 34.0. The molecule has 56 heavy (non-hydrogen) atoms. The average molecular weight is 793 g/mol. The van der Waals surface area contributed by atoms with E-state index in [0.717, 1.165) is 0 Å². The van der Waals surface area contributed by atoms with Crippen LogP contribution in [0, 0.1) is 22.2 Å². The number of esters is 4. The lowest BCUT2D eigenvalue weighted by atomic mass is 9.70. The zero-order valence-corrected chi connectivity index (χ0v) is 34.0. The number of ketones is 1. The van der Waals surface area contributed by atoms with Gasteiger partial charge in [0.2, 0.25) is 5.78 Å². The van der Waals surface area contributed by atoms with Crippen molar-refractivity contribution in [2.45, 2.75) is 174 Å². The van der Waals surface area contributed by atoms with Gasteiger partial charge in [0.05, 0.1) is 67.4 Å². The van der Waals surface area contributed by atoms with Gasteiger partial charge in [-0.05, 0) is 60.8 Å². The molecule has 0 aromatic carbocycles. The quantitative estimate of drug-likeness (QED) is 0.158. The average Bonchev–Trinajstić information content (AvgIpc) is 3.56. The van der Waals surface area contributed by atoms with Gasteiger partial charge in [0, 0.05) is 43.1 Å². The molecule has 0 radical (unpaired) electrons. The lowest BCUT2D eigenvalue weighted by Crippen LogP contribution is -2.62. The van der Waals surface area contributed by atoms with Crippen molar-refractivity contribution in [2.24, 2.45) is 22.2 Å². The Bertz CT molecular complexity index is 1590. The molecular weight excluding hydrogens is 732 g/mol. The molecule has 0 unspecified atom stereocenters. The summed E-state index contributed by atoms with van der Waals surface area (Å²) in [6, 6.07) is 0. The van der Waals surface area contributed by atoms with Gasteiger partial charge in [-0.1, -0.05) is 31.6 Å². The number of rotatable bonds is 2.